The van der Waals surface area contributed by atoms with Crippen LogP contribution in [-0.2, 0) is 15.6 Å². The summed E-state index contributed by atoms with van der Waals surface area (Å²) >= 11 is 5.93. The molecule has 0 atom stereocenters. The number of nitrogens with one attached hydrogen (secondary N) is 4. The predicted octanol–water partition coefficient (Wildman–Crippen LogP) is 5.36. The van der Waals surface area contributed by atoms with Crippen molar-refractivity contribution in [1.29, 1.82) is 0 Å². The van der Waals surface area contributed by atoms with E-state index in [0.29, 0.717) is 5.65 Å². The highest BCUT2D eigenvalue weighted by Gasteiger charge is 2.27. The zero-order chi connectivity index (χ0) is 34.2. The van der Waals surface area contributed by atoms with Gasteiger partial charge in [0.15, 0.2) is 10.2 Å². The molecule has 246 valence electrons. The number of amides is 4. The third kappa shape index (κ3) is 9.08. The molecule has 5 aromatic rings. The zero-order valence-corrected chi connectivity index (χ0v) is 27.7. The van der Waals surface area contributed by atoms with Crippen molar-refractivity contribution >= 4 is 51.0 Å². The maximum atomic E-state index is 12.6. The van der Waals surface area contributed by atoms with Crippen LogP contribution in [0.2, 0.25) is 5.15 Å². The van der Waals surface area contributed by atoms with Gasteiger partial charge in [0.1, 0.15) is 5.65 Å². The molecule has 0 saturated heterocycles. The van der Waals surface area contributed by atoms with Crippen LogP contribution in [0, 0.1) is 6.92 Å². The van der Waals surface area contributed by atoms with Gasteiger partial charge >= 0.3 is 12.1 Å². The molecule has 0 radical (unpaired) electrons. The molecule has 0 saturated carbocycles. The fraction of sp³-hybridized carbons (Fsp3) is 0.194. The molecule has 5 rings (SSSR count). The summed E-state index contributed by atoms with van der Waals surface area (Å²) in [6.45, 7) is 5.98. The zero-order valence-electron chi connectivity index (χ0n) is 26.1. The van der Waals surface area contributed by atoms with Crippen LogP contribution in [0.15, 0.2) is 90.1 Å². The van der Waals surface area contributed by atoms with E-state index in [-0.39, 0.29) is 33.9 Å². The number of rotatable bonds is 8. The lowest BCUT2D eigenvalue weighted by Gasteiger charge is -2.27. The Hall–Kier alpha value is -5.41. The van der Waals surface area contributed by atoms with E-state index in [2.05, 4.69) is 30.9 Å². The minimum atomic E-state index is -4.34. The number of ether oxygens (including phenoxy) is 2. The van der Waals surface area contributed by atoms with Crippen LogP contribution in [-0.4, -0.2) is 54.1 Å². The molecule has 2 aromatic carbocycles. The number of aryl methyl sites for hydroxylation is 1. The third-order valence-electron chi connectivity index (χ3n) is 6.48. The van der Waals surface area contributed by atoms with Crippen molar-refractivity contribution in [2.45, 2.75) is 31.3 Å². The van der Waals surface area contributed by atoms with Crippen LogP contribution < -0.4 is 30.1 Å². The molecule has 4 N–H and O–H groups in total. The molecule has 3 aromatic heterocycles. The van der Waals surface area contributed by atoms with E-state index in [1.54, 1.807) is 18.2 Å². The van der Waals surface area contributed by atoms with Crippen LogP contribution in [0.3, 0.4) is 0 Å². The van der Waals surface area contributed by atoms with Gasteiger partial charge in [0.25, 0.3) is 10.0 Å². The quantitative estimate of drug-likeness (QED) is 0.168. The molecular weight excluding hydrogens is 648 g/mol. The van der Waals surface area contributed by atoms with Gasteiger partial charge in [-0.2, -0.15) is 18.4 Å². The molecule has 47 heavy (non-hydrogen) atoms. The van der Waals surface area contributed by atoms with E-state index < -0.39 is 21.6 Å². The number of carbonyl (C=O) groups is 2. The Morgan fingerprint density at radius 1 is 0.830 bits per heavy atom. The second-order valence-corrected chi connectivity index (χ2v) is 12.4. The van der Waals surface area contributed by atoms with E-state index >= 15 is 0 Å². The topological polar surface area (TPSA) is 178 Å². The Kier molecular flexibility index (Phi) is 10.8. The number of carbonyl (C=O) groups excluding carboxylic acids is 2. The molecule has 0 aliphatic rings. The van der Waals surface area contributed by atoms with Gasteiger partial charge in [0.2, 0.25) is 17.7 Å². The van der Waals surface area contributed by atoms with Crippen molar-refractivity contribution in [2.75, 3.05) is 24.9 Å². The average Bonchev–Trinajstić information content (AvgIpc) is 3.38. The smallest absolute Gasteiger partial charge is 0.335 e. The molecule has 3 heterocycles. The highest BCUT2D eigenvalue weighted by Crippen LogP contribution is 2.23. The van der Waals surface area contributed by atoms with E-state index in [1.807, 2.05) is 80.1 Å². The molecule has 0 unspecified atom stereocenters. The number of benzene rings is 2. The van der Waals surface area contributed by atoms with Crippen molar-refractivity contribution < 1.29 is 27.5 Å². The fourth-order valence-electron chi connectivity index (χ4n) is 4.16. The number of imidazole rings is 1. The van der Waals surface area contributed by atoms with E-state index in [4.69, 9.17) is 21.1 Å². The lowest BCUT2D eigenvalue weighted by Crippen LogP contribution is -2.43. The maximum absolute atomic E-state index is 12.6. The Morgan fingerprint density at radius 2 is 1.45 bits per heavy atom. The number of anilines is 2. The summed E-state index contributed by atoms with van der Waals surface area (Å²) in [5, 5.41) is 7.37. The molecule has 0 aliphatic carbocycles. The van der Waals surface area contributed by atoms with Crippen LogP contribution in [0.4, 0.5) is 21.2 Å². The number of fused-ring (bicyclic) bond motifs is 1. The highest BCUT2D eigenvalue weighted by atomic mass is 35.5. The van der Waals surface area contributed by atoms with Crippen LogP contribution >= 0.6 is 11.6 Å². The molecule has 0 spiro atoms. The molecule has 14 nitrogen and oxygen atoms in total. The molecule has 0 fully saturated rings. The van der Waals surface area contributed by atoms with Crippen molar-refractivity contribution in [3.63, 3.8) is 0 Å². The number of hydrogen-bond donors (Lipinski definition) is 4. The lowest BCUT2D eigenvalue weighted by atomic mass is 9.95. The Labute approximate surface area is 276 Å². The molecule has 4 amide bonds. The van der Waals surface area contributed by atoms with Crippen molar-refractivity contribution in [3.8, 4) is 11.8 Å². The second-order valence-electron chi connectivity index (χ2n) is 10.4. The van der Waals surface area contributed by atoms with Crippen LogP contribution in [0.5, 0.6) is 11.8 Å². The van der Waals surface area contributed by atoms with Gasteiger partial charge in [-0.15, -0.1) is 0 Å². The summed E-state index contributed by atoms with van der Waals surface area (Å²) < 4.78 is 38.1. The first-order chi connectivity index (χ1) is 22.3. The first-order valence-corrected chi connectivity index (χ1v) is 15.8. The lowest BCUT2D eigenvalue weighted by molar-refractivity contribution is 0.242. The number of halogens is 1. The Bertz CT molecular complexity index is 1950. The SMILES string of the molecule is COc1cc(OC)nc(NC(=O)NS(=O)(=O)c2c(Cl)nc3ccccn23)n1.Cc1ccc(NC(=O)NC(C)(C)c2ccccc2)cc1. The van der Waals surface area contributed by atoms with Gasteiger partial charge in [-0.3, -0.25) is 9.72 Å². The summed E-state index contributed by atoms with van der Waals surface area (Å²) in [6, 6.07) is 22.6. The first-order valence-electron chi connectivity index (χ1n) is 14.0. The largest absolute Gasteiger partial charge is 0.481 e. The summed E-state index contributed by atoms with van der Waals surface area (Å²) in [5.41, 5.74) is 2.91. The van der Waals surface area contributed by atoms with Gasteiger partial charge in [0.05, 0.1) is 25.8 Å². The molecule has 16 heteroatoms. The Morgan fingerprint density at radius 3 is 2.06 bits per heavy atom. The number of aromatic nitrogens is 4. The first kappa shape index (κ1) is 34.5. The van der Waals surface area contributed by atoms with E-state index in [9.17, 15) is 18.0 Å². The summed E-state index contributed by atoms with van der Waals surface area (Å²) in [7, 11) is -1.61. The van der Waals surface area contributed by atoms with Crippen molar-refractivity contribution in [2.24, 2.45) is 0 Å². The Balaban J connectivity index is 0.000000223. The van der Waals surface area contributed by atoms with Gasteiger partial charge in [-0.1, -0.05) is 65.7 Å². The van der Waals surface area contributed by atoms with Gasteiger partial charge in [-0.05, 0) is 50.6 Å². The van der Waals surface area contributed by atoms with E-state index in [0.717, 1.165) is 11.3 Å². The highest BCUT2D eigenvalue weighted by molar-refractivity contribution is 7.90. The average molecular weight is 681 g/mol. The van der Waals surface area contributed by atoms with Crippen LogP contribution in [0.25, 0.3) is 5.65 Å². The number of pyridine rings is 1. The number of hydrogen-bond acceptors (Lipinski definition) is 9. The van der Waals surface area contributed by atoms with Gasteiger partial charge < -0.3 is 20.1 Å². The third-order valence-corrected chi connectivity index (χ3v) is 8.21. The monoisotopic (exact) mass is 680 g/mol. The fourth-order valence-corrected chi connectivity index (χ4v) is 5.72. The summed E-state index contributed by atoms with van der Waals surface area (Å²) in [4.78, 5) is 35.9. The summed E-state index contributed by atoms with van der Waals surface area (Å²) in [6.07, 6.45) is 1.46. The molecular formula is C31H33ClN8O6S. The minimum absolute atomic E-state index is 0.116. The van der Waals surface area contributed by atoms with Crippen molar-refractivity contribution in [3.05, 3.63) is 101 Å². The van der Waals surface area contributed by atoms with Crippen LogP contribution in [0.1, 0.15) is 25.0 Å². The number of urea groups is 2. The number of sulfonamides is 1. The van der Waals surface area contributed by atoms with Gasteiger partial charge in [-0.25, -0.2) is 19.3 Å². The number of nitrogens with zero attached hydrogens (tertiary/aromatic N) is 4. The summed E-state index contributed by atoms with van der Waals surface area (Å²) in [5.74, 6) is 0.0119. The second kappa shape index (κ2) is 14.8. The predicted molar refractivity (Wildman–Crippen MR) is 177 cm³/mol. The normalized spacial score (nSPS) is 11.1. The minimum Gasteiger partial charge on any atom is -0.481 e. The standard InChI is InChI=1S/C17H20N2O.C14H13ClN6O5S/c1-13-9-11-15(12-10-13)18-16(20)19-17(2,3)14-7-5-4-6-8-14;1-25-9-7-10(26-2)18-13(17-9)19-14(22)20-27(23,24)12-11(15)16-8-5-3-4-6-21(8)12/h4-12H,1-3H3,(H2,18,19,20);3-7H,1-2H3,(H2,17,18,19,20,22). The number of methoxy groups -OCH3 is 2. The maximum Gasteiger partial charge on any atom is 0.335 e. The van der Waals surface area contributed by atoms with Crippen molar-refractivity contribution in [1.82, 2.24) is 29.4 Å². The van der Waals surface area contributed by atoms with E-state index in [1.165, 1.54) is 36.4 Å². The van der Waals surface area contributed by atoms with Gasteiger partial charge in [0, 0.05) is 11.9 Å². The molecule has 0 aliphatic heterocycles. The molecule has 0 bridgehead atoms.